The van der Waals surface area contributed by atoms with Crippen molar-refractivity contribution >= 4 is 11.7 Å². The van der Waals surface area contributed by atoms with Gasteiger partial charge in [0.1, 0.15) is 0 Å². The van der Waals surface area contributed by atoms with E-state index in [-0.39, 0.29) is 12.1 Å². The lowest BCUT2D eigenvalue weighted by atomic mass is 10.1. The van der Waals surface area contributed by atoms with E-state index in [0.29, 0.717) is 5.56 Å². The summed E-state index contributed by atoms with van der Waals surface area (Å²) < 4.78 is 5.52. The Hall–Kier alpha value is -1.51. The predicted octanol–water partition coefficient (Wildman–Crippen LogP) is 4.17. The molecule has 0 saturated carbocycles. The van der Waals surface area contributed by atoms with Crippen molar-refractivity contribution in [1.29, 1.82) is 0 Å². The first-order valence-corrected chi connectivity index (χ1v) is 7.78. The lowest BCUT2D eigenvalue weighted by Gasteiger charge is -2.13. The molecule has 0 bridgehead atoms. The zero-order chi connectivity index (χ0) is 14.4. The summed E-state index contributed by atoms with van der Waals surface area (Å²) in [6.45, 7) is 5.15. The monoisotopic (exact) mass is 275 g/mol. The minimum atomic E-state index is -0.192. The second kappa shape index (κ2) is 7.32. The third-order valence-electron chi connectivity index (χ3n) is 3.82. The first-order chi connectivity index (χ1) is 9.70. The zero-order valence-corrected chi connectivity index (χ0v) is 12.6. The Kier molecular flexibility index (Phi) is 5.45. The molecule has 2 rings (SSSR count). The van der Waals surface area contributed by atoms with E-state index in [1.807, 2.05) is 25.1 Å². The largest absolute Gasteiger partial charge is 0.459 e. The standard InChI is InChI=1S/C17H25NO2/c1-3-4-5-6-7-13(2)20-17(19)15-8-9-16-14(12-15)10-11-18-16/h8-9,12-13,18H,3-7,10-11H2,1-2H3. The summed E-state index contributed by atoms with van der Waals surface area (Å²) in [5.74, 6) is -0.192. The van der Waals surface area contributed by atoms with Gasteiger partial charge in [0.2, 0.25) is 0 Å². The van der Waals surface area contributed by atoms with Gasteiger partial charge in [-0.05, 0) is 49.9 Å². The van der Waals surface area contributed by atoms with Gasteiger partial charge in [0.05, 0.1) is 11.7 Å². The van der Waals surface area contributed by atoms with Crippen LogP contribution >= 0.6 is 0 Å². The zero-order valence-electron chi connectivity index (χ0n) is 12.6. The SMILES string of the molecule is CCCCCCC(C)OC(=O)c1ccc2c(c1)CCN2. The number of unbranched alkanes of at least 4 members (excludes halogenated alkanes) is 3. The average Bonchev–Trinajstić information content (AvgIpc) is 2.90. The number of anilines is 1. The second-order valence-electron chi connectivity index (χ2n) is 5.61. The van der Waals surface area contributed by atoms with Crippen LogP contribution in [0.1, 0.15) is 61.9 Å². The molecule has 1 atom stereocenters. The van der Waals surface area contributed by atoms with E-state index in [1.54, 1.807) is 0 Å². The van der Waals surface area contributed by atoms with E-state index >= 15 is 0 Å². The van der Waals surface area contributed by atoms with Crippen LogP contribution in [0.5, 0.6) is 0 Å². The minimum Gasteiger partial charge on any atom is -0.459 e. The van der Waals surface area contributed by atoms with Crippen LogP contribution in [-0.4, -0.2) is 18.6 Å². The molecule has 20 heavy (non-hydrogen) atoms. The normalized spacial score (nSPS) is 14.5. The van der Waals surface area contributed by atoms with Gasteiger partial charge in [0.25, 0.3) is 0 Å². The fourth-order valence-electron chi connectivity index (χ4n) is 2.60. The molecule has 1 aliphatic rings. The molecular formula is C17H25NO2. The van der Waals surface area contributed by atoms with Crippen molar-refractivity contribution in [2.75, 3.05) is 11.9 Å². The maximum absolute atomic E-state index is 12.1. The van der Waals surface area contributed by atoms with Crippen LogP contribution in [0.3, 0.4) is 0 Å². The number of hydrogen-bond donors (Lipinski definition) is 1. The summed E-state index contributed by atoms with van der Waals surface area (Å²) in [7, 11) is 0. The number of hydrogen-bond acceptors (Lipinski definition) is 3. The molecule has 3 nitrogen and oxygen atoms in total. The highest BCUT2D eigenvalue weighted by atomic mass is 16.5. The van der Waals surface area contributed by atoms with Crippen molar-refractivity contribution in [1.82, 2.24) is 0 Å². The molecule has 0 spiro atoms. The van der Waals surface area contributed by atoms with Crippen LogP contribution in [0.15, 0.2) is 18.2 Å². The molecule has 0 aromatic heterocycles. The Balaban J connectivity index is 1.82. The maximum Gasteiger partial charge on any atom is 0.338 e. The highest BCUT2D eigenvalue weighted by Gasteiger charge is 2.16. The summed E-state index contributed by atoms with van der Waals surface area (Å²) in [5.41, 5.74) is 3.04. The molecule has 110 valence electrons. The van der Waals surface area contributed by atoms with Gasteiger partial charge < -0.3 is 10.1 Å². The molecule has 1 unspecified atom stereocenters. The van der Waals surface area contributed by atoms with Crippen LogP contribution in [0.2, 0.25) is 0 Å². The first kappa shape index (κ1) is 14.9. The number of rotatable bonds is 7. The Morgan fingerprint density at radius 1 is 1.35 bits per heavy atom. The fourth-order valence-corrected chi connectivity index (χ4v) is 2.60. The molecule has 0 saturated heterocycles. The summed E-state index contributed by atoms with van der Waals surface area (Å²) in [6.07, 6.45) is 6.81. The molecule has 1 heterocycles. The van der Waals surface area contributed by atoms with Gasteiger partial charge >= 0.3 is 5.97 Å². The first-order valence-electron chi connectivity index (χ1n) is 7.78. The second-order valence-corrected chi connectivity index (χ2v) is 5.61. The lowest BCUT2D eigenvalue weighted by Crippen LogP contribution is -2.15. The molecule has 1 aliphatic heterocycles. The summed E-state index contributed by atoms with van der Waals surface area (Å²) >= 11 is 0. The van der Waals surface area contributed by atoms with Crippen molar-refractivity contribution < 1.29 is 9.53 Å². The number of ether oxygens (including phenoxy) is 1. The minimum absolute atomic E-state index is 0.00531. The lowest BCUT2D eigenvalue weighted by molar-refractivity contribution is 0.0319. The third-order valence-corrected chi connectivity index (χ3v) is 3.82. The topological polar surface area (TPSA) is 38.3 Å². The highest BCUT2D eigenvalue weighted by Crippen LogP contribution is 2.23. The van der Waals surface area contributed by atoms with E-state index in [9.17, 15) is 4.79 Å². The molecule has 1 N–H and O–H groups in total. The van der Waals surface area contributed by atoms with Gasteiger partial charge in [-0.1, -0.05) is 26.2 Å². The number of carbonyl (C=O) groups excluding carboxylic acids is 1. The molecule has 0 radical (unpaired) electrons. The quantitative estimate of drug-likeness (QED) is 0.599. The average molecular weight is 275 g/mol. The smallest absolute Gasteiger partial charge is 0.338 e. The highest BCUT2D eigenvalue weighted by molar-refractivity contribution is 5.90. The molecule has 0 fully saturated rings. The molecule has 3 heteroatoms. The molecule has 1 aromatic carbocycles. The van der Waals surface area contributed by atoms with Gasteiger partial charge in [-0.3, -0.25) is 0 Å². The van der Waals surface area contributed by atoms with Gasteiger partial charge in [-0.15, -0.1) is 0 Å². The van der Waals surface area contributed by atoms with E-state index in [4.69, 9.17) is 4.74 Å². The summed E-state index contributed by atoms with van der Waals surface area (Å²) in [5, 5.41) is 3.29. The van der Waals surface area contributed by atoms with Gasteiger partial charge in [-0.25, -0.2) is 4.79 Å². The van der Waals surface area contributed by atoms with Crippen molar-refractivity contribution in [3.63, 3.8) is 0 Å². The van der Waals surface area contributed by atoms with E-state index < -0.39 is 0 Å². The van der Waals surface area contributed by atoms with Crippen LogP contribution in [0.4, 0.5) is 5.69 Å². The van der Waals surface area contributed by atoms with E-state index in [0.717, 1.165) is 31.5 Å². The van der Waals surface area contributed by atoms with Crippen molar-refractivity contribution in [3.05, 3.63) is 29.3 Å². The van der Waals surface area contributed by atoms with Crippen LogP contribution < -0.4 is 5.32 Å². The van der Waals surface area contributed by atoms with Gasteiger partial charge in [0, 0.05) is 12.2 Å². The molecule has 0 amide bonds. The Morgan fingerprint density at radius 2 is 2.20 bits per heavy atom. The summed E-state index contributed by atoms with van der Waals surface area (Å²) in [4.78, 5) is 12.1. The van der Waals surface area contributed by atoms with Crippen molar-refractivity contribution in [2.45, 2.75) is 58.5 Å². The van der Waals surface area contributed by atoms with Gasteiger partial charge in [-0.2, -0.15) is 0 Å². The molecule has 0 aliphatic carbocycles. The van der Waals surface area contributed by atoms with E-state index in [1.165, 1.54) is 24.8 Å². The Bertz CT molecular complexity index is 456. The fraction of sp³-hybridized carbons (Fsp3) is 0.588. The third kappa shape index (κ3) is 3.99. The van der Waals surface area contributed by atoms with Gasteiger partial charge in [0.15, 0.2) is 0 Å². The van der Waals surface area contributed by atoms with E-state index in [2.05, 4.69) is 12.2 Å². The van der Waals surface area contributed by atoms with Crippen LogP contribution in [0.25, 0.3) is 0 Å². The molecule has 1 aromatic rings. The Morgan fingerprint density at radius 3 is 3.00 bits per heavy atom. The number of carbonyl (C=O) groups is 1. The van der Waals surface area contributed by atoms with Crippen LogP contribution in [-0.2, 0) is 11.2 Å². The van der Waals surface area contributed by atoms with Crippen molar-refractivity contribution in [2.24, 2.45) is 0 Å². The number of nitrogens with one attached hydrogen (secondary N) is 1. The van der Waals surface area contributed by atoms with Crippen LogP contribution in [0, 0.1) is 0 Å². The number of esters is 1. The van der Waals surface area contributed by atoms with Crippen molar-refractivity contribution in [3.8, 4) is 0 Å². The molecular weight excluding hydrogens is 250 g/mol. The maximum atomic E-state index is 12.1. The summed E-state index contributed by atoms with van der Waals surface area (Å²) in [6, 6.07) is 5.79. The number of fused-ring (bicyclic) bond motifs is 1. The predicted molar refractivity (Wildman–Crippen MR) is 82.3 cm³/mol. The Labute approximate surface area is 121 Å². The number of benzene rings is 1.